The van der Waals surface area contributed by atoms with Gasteiger partial charge in [-0.2, -0.15) is 0 Å². The molecule has 0 bridgehead atoms. The molecule has 5 nitrogen and oxygen atoms in total. The smallest absolute Gasteiger partial charge is 0.238 e. The van der Waals surface area contributed by atoms with Crippen molar-refractivity contribution in [1.82, 2.24) is 4.90 Å². The van der Waals surface area contributed by atoms with Crippen LogP contribution in [0.3, 0.4) is 0 Å². The average Bonchev–Trinajstić information content (AvgIpc) is 2.63. The van der Waals surface area contributed by atoms with E-state index < -0.39 is 0 Å². The van der Waals surface area contributed by atoms with Crippen LogP contribution in [0.2, 0.25) is 0 Å². The first-order chi connectivity index (χ1) is 9.69. The Morgan fingerprint density at radius 1 is 1.50 bits per heavy atom. The number of carbonyl (C=O) groups excluding carboxylic acids is 1. The van der Waals surface area contributed by atoms with E-state index in [9.17, 15) is 4.79 Å². The molecule has 0 spiro atoms. The predicted octanol–water partition coefficient (Wildman–Crippen LogP) is 1.19. The Balaban J connectivity index is 1.91. The van der Waals surface area contributed by atoms with Crippen LogP contribution in [0.25, 0.3) is 0 Å². The number of nitrogens with two attached hydrogens (primary N) is 1. The number of amides is 1. The van der Waals surface area contributed by atoms with E-state index in [2.05, 4.69) is 10.2 Å². The molecule has 0 saturated carbocycles. The fourth-order valence-corrected chi connectivity index (χ4v) is 2.44. The normalized spacial score (nSPS) is 20.4. The Morgan fingerprint density at radius 3 is 3.10 bits per heavy atom. The monoisotopic (exact) mass is 277 g/mol. The number of anilines is 1. The summed E-state index contributed by atoms with van der Waals surface area (Å²) in [5.74, 6) is 0. The zero-order chi connectivity index (χ0) is 14.4. The number of benzene rings is 1. The van der Waals surface area contributed by atoms with Crippen LogP contribution in [0.4, 0.5) is 5.69 Å². The van der Waals surface area contributed by atoms with Crippen molar-refractivity contribution in [1.29, 1.82) is 0 Å². The Kier molecular flexibility index (Phi) is 5.52. The van der Waals surface area contributed by atoms with E-state index in [1.54, 1.807) is 0 Å². The molecule has 1 amide bonds. The average molecular weight is 277 g/mol. The first kappa shape index (κ1) is 15.0. The number of ether oxygens (including phenoxy) is 1. The quantitative estimate of drug-likeness (QED) is 0.867. The minimum atomic E-state index is 0. The summed E-state index contributed by atoms with van der Waals surface area (Å²) in [6, 6.07) is 7.63. The number of rotatable bonds is 4. The largest absolute Gasteiger partial charge is 0.377 e. The fraction of sp³-hybridized carbons (Fsp3) is 0.533. The van der Waals surface area contributed by atoms with Crippen molar-refractivity contribution in [3.8, 4) is 0 Å². The van der Waals surface area contributed by atoms with Crippen molar-refractivity contribution in [3.63, 3.8) is 0 Å². The van der Waals surface area contributed by atoms with Crippen molar-refractivity contribution in [2.45, 2.75) is 26.0 Å². The molecule has 0 aromatic heterocycles. The first-order valence-corrected chi connectivity index (χ1v) is 7.11. The van der Waals surface area contributed by atoms with Gasteiger partial charge in [-0.05, 0) is 25.0 Å². The molecule has 3 N–H and O–H groups in total. The van der Waals surface area contributed by atoms with Crippen molar-refractivity contribution < 1.29 is 9.53 Å². The molecule has 1 aromatic rings. The summed E-state index contributed by atoms with van der Waals surface area (Å²) < 4.78 is 5.58. The Labute approximate surface area is 120 Å². The van der Waals surface area contributed by atoms with Gasteiger partial charge in [0.05, 0.1) is 12.6 Å². The molecule has 1 aliphatic heterocycles. The maximum absolute atomic E-state index is 12.1. The standard InChI is InChI=1S/C15H23N3O2/c1-12-10-18(7-4-8-20-12)11-15(19)17-14-6-3-2-5-13(14)9-16/h2-3,5-6,12H,4,7-11,16H2,1H3,(H,17,19). The van der Waals surface area contributed by atoms with Gasteiger partial charge in [-0.25, -0.2) is 0 Å². The number of hydrogen-bond donors (Lipinski definition) is 2. The van der Waals surface area contributed by atoms with E-state index in [1.165, 1.54) is 0 Å². The minimum Gasteiger partial charge on any atom is -0.377 e. The fourth-order valence-electron chi connectivity index (χ4n) is 2.44. The number of nitrogens with zero attached hydrogens (tertiary/aromatic N) is 1. The summed E-state index contributed by atoms with van der Waals surface area (Å²) in [5.41, 5.74) is 7.43. The molecule has 1 unspecified atom stereocenters. The third-order valence-electron chi connectivity index (χ3n) is 3.41. The van der Waals surface area contributed by atoms with Crippen LogP contribution >= 0.6 is 0 Å². The highest BCUT2D eigenvalue weighted by molar-refractivity contribution is 5.93. The number of carbonyl (C=O) groups is 1. The van der Waals surface area contributed by atoms with Gasteiger partial charge in [-0.1, -0.05) is 18.2 Å². The molecule has 1 atom stereocenters. The van der Waals surface area contributed by atoms with Crippen LogP contribution in [0.15, 0.2) is 24.3 Å². The van der Waals surface area contributed by atoms with Crippen molar-refractivity contribution in [2.75, 3.05) is 31.6 Å². The van der Waals surface area contributed by atoms with Gasteiger partial charge in [-0.3, -0.25) is 9.69 Å². The van der Waals surface area contributed by atoms with Gasteiger partial charge in [0.2, 0.25) is 5.91 Å². The zero-order valence-electron chi connectivity index (χ0n) is 12.0. The highest BCUT2D eigenvalue weighted by Crippen LogP contribution is 2.14. The second-order valence-corrected chi connectivity index (χ2v) is 5.18. The molecule has 1 aromatic carbocycles. The summed E-state index contributed by atoms with van der Waals surface area (Å²) >= 11 is 0. The summed E-state index contributed by atoms with van der Waals surface area (Å²) in [7, 11) is 0. The van der Waals surface area contributed by atoms with Gasteiger partial charge in [-0.15, -0.1) is 0 Å². The van der Waals surface area contributed by atoms with Crippen LogP contribution in [-0.4, -0.2) is 43.2 Å². The molecule has 1 saturated heterocycles. The topological polar surface area (TPSA) is 67.6 Å². The number of para-hydroxylation sites is 1. The highest BCUT2D eigenvalue weighted by Gasteiger charge is 2.17. The van der Waals surface area contributed by atoms with Crippen molar-refractivity contribution >= 4 is 11.6 Å². The van der Waals surface area contributed by atoms with Gasteiger partial charge in [0, 0.05) is 31.9 Å². The lowest BCUT2D eigenvalue weighted by molar-refractivity contribution is -0.117. The molecule has 1 aliphatic rings. The van der Waals surface area contributed by atoms with E-state index in [0.717, 1.165) is 37.4 Å². The Hall–Kier alpha value is -1.43. The second kappa shape index (κ2) is 7.38. The lowest BCUT2D eigenvalue weighted by Gasteiger charge is -2.21. The van der Waals surface area contributed by atoms with E-state index >= 15 is 0 Å². The van der Waals surface area contributed by atoms with Crippen LogP contribution in [0.1, 0.15) is 18.9 Å². The SMILES string of the molecule is CC1CN(CC(=O)Nc2ccccc2CN)CCCO1. The number of hydrogen-bond acceptors (Lipinski definition) is 4. The summed E-state index contributed by atoms with van der Waals surface area (Å²) in [6.07, 6.45) is 1.15. The van der Waals surface area contributed by atoms with Crippen molar-refractivity contribution in [2.24, 2.45) is 5.73 Å². The molecule has 0 radical (unpaired) electrons. The van der Waals surface area contributed by atoms with Crippen LogP contribution in [-0.2, 0) is 16.1 Å². The van der Waals surface area contributed by atoms with Crippen LogP contribution < -0.4 is 11.1 Å². The molecule has 110 valence electrons. The van der Waals surface area contributed by atoms with E-state index in [4.69, 9.17) is 10.5 Å². The van der Waals surface area contributed by atoms with Crippen molar-refractivity contribution in [3.05, 3.63) is 29.8 Å². The molecular formula is C15H23N3O2. The first-order valence-electron chi connectivity index (χ1n) is 7.11. The molecule has 0 aliphatic carbocycles. The van der Waals surface area contributed by atoms with Gasteiger partial charge in [0.15, 0.2) is 0 Å². The summed E-state index contributed by atoms with van der Waals surface area (Å²) in [6.45, 7) is 5.33. The van der Waals surface area contributed by atoms with Crippen LogP contribution in [0, 0.1) is 0 Å². The second-order valence-electron chi connectivity index (χ2n) is 5.18. The van der Waals surface area contributed by atoms with Gasteiger partial charge < -0.3 is 15.8 Å². The molecule has 1 heterocycles. The molecule has 20 heavy (non-hydrogen) atoms. The maximum Gasteiger partial charge on any atom is 0.238 e. The molecular weight excluding hydrogens is 254 g/mol. The third kappa shape index (κ3) is 4.30. The zero-order valence-corrected chi connectivity index (χ0v) is 12.0. The molecule has 5 heteroatoms. The van der Waals surface area contributed by atoms with Gasteiger partial charge in [0.25, 0.3) is 0 Å². The van der Waals surface area contributed by atoms with E-state index in [1.807, 2.05) is 31.2 Å². The predicted molar refractivity (Wildman–Crippen MR) is 79.4 cm³/mol. The lowest BCUT2D eigenvalue weighted by atomic mass is 10.2. The minimum absolute atomic E-state index is 0. The Bertz CT molecular complexity index is 450. The summed E-state index contributed by atoms with van der Waals surface area (Å²) in [5, 5.41) is 2.94. The highest BCUT2D eigenvalue weighted by atomic mass is 16.5. The van der Waals surface area contributed by atoms with E-state index in [-0.39, 0.29) is 12.0 Å². The third-order valence-corrected chi connectivity index (χ3v) is 3.41. The molecule has 2 rings (SSSR count). The lowest BCUT2D eigenvalue weighted by Crippen LogP contribution is -2.37. The maximum atomic E-state index is 12.1. The summed E-state index contributed by atoms with van der Waals surface area (Å²) in [4.78, 5) is 14.3. The number of nitrogens with one attached hydrogen (secondary N) is 1. The molecule has 1 fully saturated rings. The van der Waals surface area contributed by atoms with E-state index in [0.29, 0.717) is 13.1 Å². The van der Waals surface area contributed by atoms with Gasteiger partial charge in [0.1, 0.15) is 0 Å². The van der Waals surface area contributed by atoms with Gasteiger partial charge >= 0.3 is 0 Å². The van der Waals surface area contributed by atoms with Crippen LogP contribution in [0.5, 0.6) is 0 Å². The Morgan fingerprint density at radius 2 is 2.30 bits per heavy atom.